The second kappa shape index (κ2) is 9.09. The van der Waals surface area contributed by atoms with Crippen LogP contribution in [0.2, 0.25) is 0 Å². The van der Waals surface area contributed by atoms with Gasteiger partial charge in [0.15, 0.2) is 0 Å². The third-order valence-corrected chi connectivity index (χ3v) is 4.64. The fourth-order valence-corrected chi connectivity index (χ4v) is 3.10. The number of ether oxygens (including phenoxy) is 2. The molecule has 8 heteroatoms. The molecule has 29 heavy (non-hydrogen) atoms. The predicted octanol–water partition coefficient (Wildman–Crippen LogP) is 1.90. The number of hydrazine groups is 1. The van der Waals surface area contributed by atoms with Gasteiger partial charge in [0.05, 0.1) is 14.2 Å². The minimum absolute atomic E-state index is 0.126. The molecule has 0 radical (unpaired) electrons. The van der Waals surface area contributed by atoms with Gasteiger partial charge in [-0.1, -0.05) is 12.1 Å². The zero-order valence-corrected chi connectivity index (χ0v) is 16.4. The summed E-state index contributed by atoms with van der Waals surface area (Å²) in [7, 11) is 2.97. The van der Waals surface area contributed by atoms with Crippen molar-refractivity contribution in [3.8, 4) is 11.5 Å². The Kier molecular flexibility index (Phi) is 6.33. The first-order valence-corrected chi connectivity index (χ1v) is 9.20. The highest BCUT2D eigenvalue weighted by Crippen LogP contribution is 2.22. The van der Waals surface area contributed by atoms with E-state index in [4.69, 9.17) is 9.47 Å². The molecule has 0 unspecified atom stereocenters. The smallest absolute Gasteiger partial charge is 0.269 e. The summed E-state index contributed by atoms with van der Waals surface area (Å²) in [5.41, 5.74) is 6.31. The molecule has 1 aliphatic heterocycles. The van der Waals surface area contributed by atoms with E-state index >= 15 is 0 Å². The molecule has 1 fully saturated rings. The van der Waals surface area contributed by atoms with Gasteiger partial charge in [-0.2, -0.15) is 0 Å². The van der Waals surface area contributed by atoms with E-state index in [2.05, 4.69) is 10.9 Å². The van der Waals surface area contributed by atoms with E-state index in [1.165, 1.54) is 26.4 Å². The SMILES string of the molecule is COc1cc(OC)cc(C(=O)NNC(=O)c2cccc(CN3CCCC3=O)c2)c1. The zero-order valence-electron chi connectivity index (χ0n) is 16.4. The van der Waals surface area contributed by atoms with Crippen molar-refractivity contribution in [1.29, 1.82) is 0 Å². The minimum atomic E-state index is -0.505. The Hall–Kier alpha value is -3.55. The molecule has 3 rings (SSSR count). The number of rotatable bonds is 6. The van der Waals surface area contributed by atoms with Crippen LogP contribution in [-0.4, -0.2) is 43.4 Å². The second-order valence-electron chi connectivity index (χ2n) is 6.63. The predicted molar refractivity (Wildman–Crippen MR) is 106 cm³/mol. The highest BCUT2D eigenvalue weighted by molar-refractivity contribution is 5.99. The average Bonchev–Trinajstić information content (AvgIpc) is 3.15. The van der Waals surface area contributed by atoms with Crippen molar-refractivity contribution in [3.63, 3.8) is 0 Å². The summed E-state index contributed by atoms with van der Waals surface area (Å²) in [6.45, 7) is 1.20. The van der Waals surface area contributed by atoms with Crippen molar-refractivity contribution in [1.82, 2.24) is 15.8 Å². The lowest BCUT2D eigenvalue weighted by Gasteiger charge is -2.16. The molecular formula is C21H23N3O5. The van der Waals surface area contributed by atoms with E-state index in [0.29, 0.717) is 30.0 Å². The van der Waals surface area contributed by atoms with Gasteiger partial charge in [0.2, 0.25) is 5.91 Å². The Balaban J connectivity index is 1.62. The summed E-state index contributed by atoms with van der Waals surface area (Å²) in [6.07, 6.45) is 1.43. The molecule has 152 valence electrons. The van der Waals surface area contributed by atoms with Gasteiger partial charge in [-0.05, 0) is 36.2 Å². The topological polar surface area (TPSA) is 97.0 Å². The van der Waals surface area contributed by atoms with Crippen LogP contribution in [0.4, 0.5) is 0 Å². The van der Waals surface area contributed by atoms with Crippen LogP contribution in [0.3, 0.4) is 0 Å². The van der Waals surface area contributed by atoms with E-state index in [1.807, 2.05) is 6.07 Å². The Labute approximate surface area is 168 Å². The number of carbonyl (C=O) groups excluding carboxylic acids is 3. The van der Waals surface area contributed by atoms with Gasteiger partial charge < -0.3 is 14.4 Å². The van der Waals surface area contributed by atoms with Crippen LogP contribution in [0.15, 0.2) is 42.5 Å². The first-order valence-electron chi connectivity index (χ1n) is 9.20. The van der Waals surface area contributed by atoms with Gasteiger partial charge in [-0.3, -0.25) is 25.2 Å². The molecule has 1 saturated heterocycles. The zero-order chi connectivity index (χ0) is 20.8. The third kappa shape index (κ3) is 5.04. The molecule has 1 aliphatic rings. The molecule has 3 amide bonds. The van der Waals surface area contributed by atoms with Crippen LogP contribution in [0, 0.1) is 0 Å². The molecule has 0 spiro atoms. The standard InChI is InChI=1S/C21H23N3O5/c1-28-17-10-16(11-18(12-17)29-2)21(27)23-22-20(26)15-6-3-5-14(9-15)13-24-8-4-7-19(24)25/h3,5-6,9-12H,4,7-8,13H2,1-2H3,(H,22,26)(H,23,27). The van der Waals surface area contributed by atoms with Crippen LogP contribution in [0.1, 0.15) is 39.1 Å². The van der Waals surface area contributed by atoms with Gasteiger partial charge in [-0.15, -0.1) is 0 Å². The molecule has 0 bridgehead atoms. The monoisotopic (exact) mass is 397 g/mol. The quantitative estimate of drug-likeness (QED) is 0.726. The summed E-state index contributed by atoms with van der Waals surface area (Å²) in [5, 5.41) is 0. The molecule has 2 aromatic carbocycles. The Morgan fingerprint density at radius 1 is 0.966 bits per heavy atom. The Bertz CT molecular complexity index is 906. The van der Waals surface area contributed by atoms with E-state index in [1.54, 1.807) is 29.2 Å². The minimum Gasteiger partial charge on any atom is -0.497 e. The summed E-state index contributed by atoms with van der Waals surface area (Å²) in [5.74, 6) is 0.0907. The fraction of sp³-hybridized carbons (Fsp3) is 0.286. The molecule has 0 aliphatic carbocycles. The largest absolute Gasteiger partial charge is 0.497 e. The number of hydrogen-bond donors (Lipinski definition) is 2. The highest BCUT2D eigenvalue weighted by Gasteiger charge is 2.20. The summed E-state index contributed by atoms with van der Waals surface area (Å²) < 4.78 is 10.3. The number of methoxy groups -OCH3 is 2. The Morgan fingerprint density at radius 3 is 2.21 bits per heavy atom. The Morgan fingerprint density at radius 2 is 1.62 bits per heavy atom. The van der Waals surface area contributed by atoms with Crippen LogP contribution in [0.25, 0.3) is 0 Å². The third-order valence-electron chi connectivity index (χ3n) is 4.64. The van der Waals surface area contributed by atoms with Crippen molar-refractivity contribution >= 4 is 17.7 Å². The second-order valence-corrected chi connectivity index (χ2v) is 6.63. The maximum atomic E-state index is 12.4. The summed E-state index contributed by atoms with van der Waals surface area (Å²) in [4.78, 5) is 38.3. The first-order chi connectivity index (χ1) is 14.0. The van der Waals surface area contributed by atoms with Crippen molar-refractivity contribution in [2.75, 3.05) is 20.8 Å². The van der Waals surface area contributed by atoms with Crippen molar-refractivity contribution < 1.29 is 23.9 Å². The van der Waals surface area contributed by atoms with Crippen LogP contribution in [0.5, 0.6) is 11.5 Å². The maximum absolute atomic E-state index is 12.4. The van der Waals surface area contributed by atoms with Crippen LogP contribution < -0.4 is 20.3 Å². The molecule has 0 aromatic heterocycles. The van der Waals surface area contributed by atoms with E-state index in [9.17, 15) is 14.4 Å². The normalized spacial score (nSPS) is 13.2. The van der Waals surface area contributed by atoms with E-state index < -0.39 is 11.8 Å². The lowest BCUT2D eigenvalue weighted by molar-refractivity contribution is -0.128. The number of benzene rings is 2. The average molecular weight is 397 g/mol. The molecule has 2 aromatic rings. The maximum Gasteiger partial charge on any atom is 0.269 e. The van der Waals surface area contributed by atoms with Gasteiger partial charge in [0.1, 0.15) is 11.5 Å². The van der Waals surface area contributed by atoms with E-state index in [-0.39, 0.29) is 11.5 Å². The fourth-order valence-electron chi connectivity index (χ4n) is 3.10. The number of amides is 3. The van der Waals surface area contributed by atoms with Gasteiger partial charge in [-0.25, -0.2) is 0 Å². The van der Waals surface area contributed by atoms with Crippen LogP contribution in [-0.2, 0) is 11.3 Å². The molecule has 2 N–H and O–H groups in total. The summed E-state index contributed by atoms with van der Waals surface area (Å²) >= 11 is 0. The van der Waals surface area contributed by atoms with Crippen LogP contribution >= 0.6 is 0 Å². The lowest BCUT2D eigenvalue weighted by atomic mass is 10.1. The first kappa shape index (κ1) is 20.2. The molecule has 8 nitrogen and oxygen atoms in total. The lowest BCUT2D eigenvalue weighted by Crippen LogP contribution is -2.41. The number of likely N-dealkylation sites (tertiary alicyclic amines) is 1. The van der Waals surface area contributed by atoms with Gasteiger partial charge in [0, 0.05) is 36.7 Å². The molecular weight excluding hydrogens is 374 g/mol. The number of nitrogens with zero attached hydrogens (tertiary/aromatic N) is 1. The van der Waals surface area contributed by atoms with Crippen molar-refractivity contribution in [2.45, 2.75) is 19.4 Å². The van der Waals surface area contributed by atoms with Crippen molar-refractivity contribution in [3.05, 3.63) is 59.2 Å². The van der Waals surface area contributed by atoms with Crippen molar-refractivity contribution in [2.24, 2.45) is 0 Å². The van der Waals surface area contributed by atoms with Gasteiger partial charge >= 0.3 is 0 Å². The molecule has 0 saturated carbocycles. The number of hydrogen-bond acceptors (Lipinski definition) is 5. The highest BCUT2D eigenvalue weighted by atomic mass is 16.5. The molecule has 1 heterocycles. The van der Waals surface area contributed by atoms with Gasteiger partial charge in [0.25, 0.3) is 11.8 Å². The number of carbonyl (C=O) groups is 3. The summed E-state index contributed by atoms with van der Waals surface area (Å²) in [6, 6.07) is 11.7. The molecule has 0 atom stereocenters. The van der Waals surface area contributed by atoms with E-state index in [0.717, 1.165) is 18.5 Å². The number of nitrogens with one attached hydrogen (secondary N) is 2.